The lowest BCUT2D eigenvalue weighted by molar-refractivity contribution is -0.0665. The Kier molecular flexibility index (Phi) is 5.28. The minimum atomic E-state index is -2.86. The minimum absolute atomic E-state index is 0.159. The van der Waals surface area contributed by atoms with Crippen LogP contribution in [0.4, 0.5) is 8.78 Å². The van der Waals surface area contributed by atoms with E-state index in [-0.39, 0.29) is 6.61 Å². The molecule has 0 bridgehead atoms. The van der Waals surface area contributed by atoms with Crippen molar-refractivity contribution < 1.29 is 18.3 Å². The van der Waals surface area contributed by atoms with Crippen LogP contribution in [0.1, 0.15) is 6.42 Å². The summed E-state index contributed by atoms with van der Waals surface area (Å²) in [4.78, 5) is 0. The van der Waals surface area contributed by atoms with Gasteiger partial charge in [0.2, 0.25) is 0 Å². The first kappa shape index (κ1) is 11.7. The van der Waals surface area contributed by atoms with E-state index in [1.165, 1.54) is 14.2 Å². The molecule has 0 amide bonds. The van der Waals surface area contributed by atoms with Gasteiger partial charge in [-0.25, -0.2) is 8.78 Å². The maximum Gasteiger partial charge on any atom is 0.262 e. The molecule has 0 saturated carbocycles. The van der Waals surface area contributed by atoms with Gasteiger partial charge in [0.15, 0.2) is 0 Å². The molecule has 2 N–H and O–H groups in total. The molecule has 74 valence electrons. The van der Waals surface area contributed by atoms with Gasteiger partial charge < -0.3 is 15.2 Å². The smallest absolute Gasteiger partial charge is 0.262 e. The molecule has 3 nitrogen and oxygen atoms in total. The predicted molar refractivity (Wildman–Crippen MR) is 41.3 cm³/mol. The predicted octanol–water partition coefficient (Wildman–Crippen LogP) is 0.632. The summed E-state index contributed by atoms with van der Waals surface area (Å²) >= 11 is 0. The van der Waals surface area contributed by atoms with E-state index in [9.17, 15) is 8.78 Å². The van der Waals surface area contributed by atoms with Crippen LogP contribution in [0.3, 0.4) is 0 Å². The molecule has 0 heterocycles. The average Bonchev–Trinajstić information content (AvgIpc) is 2.03. The highest BCUT2D eigenvalue weighted by Gasteiger charge is 2.30. The van der Waals surface area contributed by atoms with Crippen LogP contribution in [0.5, 0.6) is 0 Å². The molecule has 1 atom stereocenters. The first-order valence-electron chi connectivity index (χ1n) is 3.65. The molecule has 0 spiro atoms. The normalized spacial score (nSPS) is 14.8. The Morgan fingerprint density at radius 2 is 2.00 bits per heavy atom. The summed E-state index contributed by atoms with van der Waals surface area (Å²) in [7, 11) is 2.81. The Labute approximate surface area is 70.8 Å². The van der Waals surface area contributed by atoms with Gasteiger partial charge in [0.25, 0.3) is 5.92 Å². The number of hydrogen-bond donors (Lipinski definition) is 1. The summed E-state index contributed by atoms with van der Waals surface area (Å²) in [5.41, 5.74) is 4.86. The van der Waals surface area contributed by atoms with Crippen molar-refractivity contribution >= 4 is 0 Å². The first-order valence-corrected chi connectivity index (χ1v) is 3.65. The molecule has 0 aliphatic carbocycles. The van der Waals surface area contributed by atoms with Gasteiger partial charge >= 0.3 is 0 Å². The minimum Gasteiger partial charge on any atom is -0.382 e. The van der Waals surface area contributed by atoms with E-state index in [0.717, 1.165) is 0 Å². The maximum atomic E-state index is 12.7. The van der Waals surface area contributed by atoms with Crippen molar-refractivity contribution in [3.05, 3.63) is 0 Å². The topological polar surface area (TPSA) is 44.5 Å². The lowest BCUT2D eigenvalue weighted by Gasteiger charge is -2.20. The number of alkyl halides is 2. The van der Waals surface area contributed by atoms with Crippen molar-refractivity contribution in [1.82, 2.24) is 0 Å². The molecule has 0 aliphatic heterocycles. The van der Waals surface area contributed by atoms with Crippen molar-refractivity contribution in [2.45, 2.75) is 18.4 Å². The third kappa shape index (κ3) is 4.58. The van der Waals surface area contributed by atoms with Crippen LogP contribution in [0.15, 0.2) is 0 Å². The molecule has 1 unspecified atom stereocenters. The Morgan fingerprint density at radius 1 is 1.42 bits per heavy atom. The van der Waals surface area contributed by atoms with Gasteiger partial charge in [0, 0.05) is 20.6 Å². The molecule has 0 rings (SSSR count). The summed E-state index contributed by atoms with van der Waals surface area (Å²) in [5, 5.41) is 0. The van der Waals surface area contributed by atoms with E-state index in [1.54, 1.807) is 0 Å². The molecule has 0 saturated heterocycles. The van der Waals surface area contributed by atoms with Crippen molar-refractivity contribution in [2.75, 3.05) is 27.4 Å². The number of methoxy groups -OCH3 is 2. The van der Waals surface area contributed by atoms with E-state index in [0.29, 0.717) is 0 Å². The summed E-state index contributed by atoms with van der Waals surface area (Å²) in [5.74, 6) is -2.86. The number of rotatable bonds is 6. The van der Waals surface area contributed by atoms with Crippen LogP contribution in [0, 0.1) is 0 Å². The lowest BCUT2D eigenvalue weighted by Crippen LogP contribution is -2.34. The average molecular weight is 183 g/mol. The van der Waals surface area contributed by atoms with Crippen LogP contribution in [-0.2, 0) is 9.47 Å². The highest BCUT2D eigenvalue weighted by Crippen LogP contribution is 2.19. The Hall–Kier alpha value is -0.260. The molecule has 0 aliphatic rings. The maximum absolute atomic E-state index is 12.7. The molecular weight excluding hydrogens is 168 g/mol. The highest BCUT2D eigenvalue weighted by molar-refractivity contribution is 4.72. The van der Waals surface area contributed by atoms with Gasteiger partial charge in [-0.05, 0) is 0 Å². The zero-order chi connectivity index (χ0) is 9.61. The summed E-state index contributed by atoms with van der Waals surface area (Å²) in [6.45, 7) is -0.497. The zero-order valence-electron chi connectivity index (χ0n) is 7.35. The second-order valence-electron chi connectivity index (χ2n) is 2.58. The number of halogens is 2. The number of ether oxygens (including phenoxy) is 2. The molecule has 0 aromatic heterocycles. The quantitative estimate of drug-likeness (QED) is 0.657. The van der Waals surface area contributed by atoms with Crippen molar-refractivity contribution in [3.8, 4) is 0 Å². The van der Waals surface area contributed by atoms with E-state index < -0.39 is 25.0 Å². The van der Waals surface area contributed by atoms with Crippen molar-refractivity contribution in [3.63, 3.8) is 0 Å². The number of hydrogen-bond acceptors (Lipinski definition) is 3. The SMILES string of the molecule is COCC(CC(F)(F)CN)OC. The fraction of sp³-hybridized carbons (Fsp3) is 1.00. The molecule has 0 aromatic carbocycles. The van der Waals surface area contributed by atoms with E-state index in [1.807, 2.05) is 0 Å². The molecule has 0 aromatic rings. The van der Waals surface area contributed by atoms with Gasteiger partial charge in [-0.1, -0.05) is 0 Å². The summed E-state index contributed by atoms with van der Waals surface area (Å²) in [6, 6.07) is 0. The van der Waals surface area contributed by atoms with Crippen LogP contribution in [0.25, 0.3) is 0 Å². The highest BCUT2D eigenvalue weighted by atomic mass is 19.3. The third-order valence-electron chi connectivity index (χ3n) is 1.51. The van der Waals surface area contributed by atoms with E-state index in [2.05, 4.69) is 4.74 Å². The lowest BCUT2D eigenvalue weighted by atomic mass is 10.1. The largest absolute Gasteiger partial charge is 0.382 e. The van der Waals surface area contributed by atoms with Gasteiger partial charge in [0.05, 0.1) is 19.3 Å². The second kappa shape index (κ2) is 5.40. The molecular formula is C7H15F2NO2. The Balaban J connectivity index is 3.83. The van der Waals surface area contributed by atoms with Crippen LogP contribution < -0.4 is 5.73 Å². The van der Waals surface area contributed by atoms with Crippen molar-refractivity contribution in [2.24, 2.45) is 5.73 Å². The van der Waals surface area contributed by atoms with Gasteiger partial charge in [0.1, 0.15) is 0 Å². The summed E-state index contributed by atoms with van der Waals surface area (Å²) < 4.78 is 34.8. The van der Waals surface area contributed by atoms with E-state index >= 15 is 0 Å². The second-order valence-corrected chi connectivity index (χ2v) is 2.58. The van der Waals surface area contributed by atoms with Crippen LogP contribution in [0.2, 0.25) is 0 Å². The molecule has 12 heavy (non-hydrogen) atoms. The van der Waals surface area contributed by atoms with Gasteiger partial charge in [-0.2, -0.15) is 0 Å². The first-order chi connectivity index (χ1) is 5.55. The Bertz CT molecular complexity index is 122. The standard InChI is InChI=1S/C7H15F2NO2/c1-11-4-6(12-2)3-7(8,9)5-10/h6H,3-5,10H2,1-2H3. The van der Waals surface area contributed by atoms with Crippen LogP contribution >= 0.6 is 0 Å². The number of nitrogens with two attached hydrogens (primary N) is 1. The fourth-order valence-corrected chi connectivity index (χ4v) is 0.813. The monoisotopic (exact) mass is 183 g/mol. The summed E-state index contributed by atoms with van der Waals surface area (Å²) in [6.07, 6.45) is -0.984. The zero-order valence-corrected chi connectivity index (χ0v) is 7.35. The van der Waals surface area contributed by atoms with E-state index in [4.69, 9.17) is 10.5 Å². The van der Waals surface area contributed by atoms with Crippen molar-refractivity contribution in [1.29, 1.82) is 0 Å². The fourth-order valence-electron chi connectivity index (χ4n) is 0.813. The van der Waals surface area contributed by atoms with Gasteiger partial charge in [-0.3, -0.25) is 0 Å². The third-order valence-corrected chi connectivity index (χ3v) is 1.51. The molecule has 0 radical (unpaired) electrons. The molecule has 0 fully saturated rings. The van der Waals surface area contributed by atoms with Crippen LogP contribution in [-0.4, -0.2) is 39.4 Å². The Morgan fingerprint density at radius 3 is 2.33 bits per heavy atom. The molecule has 5 heteroatoms. The van der Waals surface area contributed by atoms with Gasteiger partial charge in [-0.15, -0.1) is 0 Å².